The number of amides is 2. The largest absolute Gasteiger partial charge is 0.442 e. The maximum Gasteiger partial charge on any atom is 0.410 e. The number of nitrogens with zero attached hydrogens (tertiary/aromatic N) is 6. The number of aromatic nitrogens is 3. The second-order valence-electron chi connectivity index (χ2n) is 12.3. The fraction of sp³-hybridized carbons (Fsp3) is 0.667. The van der Waals surface area contributed by atoms with E-state index in [-0.39, 0.29) is 18.1 Å². The lowest BCUT2D eigenvalue weighted by Crippen LogP contribution is -2.56. The Balaban J connectivity index is 1.10. The zero-order valence-electron chi connectivity index (χ0n) is 25.4. The smallest absolute Gasteiger partial charge is 0.410 e. The van der Waals surface area contributed by atoms with Crippen molar-refractivity contribution < 1.29 is 19.1 Å². The van der Waals surface area contributed by atoms with Crippen LogP contribution >= 0.6 is 0 Å². The summed E-state index contributed by atoms with van der Waals surface area (Å²) in [6, 6.07) is 2.40. The van der Waals surface area contributed by atoms with E-state index >= 15 is 0 Å². The molecule has 0 atom stereocenters. The molecule has 0 saturated carbocycles. The number of carbonyl (C=O) groups excluding carboxylic acids is 2. The Morgan fingerprint density at radius 3 is 2.57 bits per heavy atom. The number of piperidine rings is 1. The van der Waals surface area contributed by atoms with Gasteiger partial charge in [0.1, 0.15) is 17.7 Å². The number of fused-ring (bicyclic) bond motifs is 1. The Labute approximate surface area is 248 Å². The summed E-state index contributed by atoms with van der Waals surface area (Å²) in [4.78, 5) is 35.4. The molecule has 2 aromatic heterocycles. The van der Waals surface area contributed by atoms with E-state index in [1.54, 1.807) is 15.9 Å². The van der Waals surface area contributed by atoms with Gasteiger partial charge >= 0.3 is 6.09 Å². The Bertz CT molecular complexity index is 1240. The minimum atomic E-state index is -0.279. The van der Waals surface area contributed by atoms with E-state index in [4.69, 9.17) is 14.5 Å². The van der Waals surface area contributed by atoms with E-state index in [9.17, 15) is 9.59 Å². The van der Waals surface area contributed by atoms with Gasteiger partial charge in [-0.05, 0) is 51.6 Å². The molecule has 5 rings (SSSR count). The van der Waals surface area contributed by atoms with Crippen molar-refractivity contribution >= 4 is 29.3 Å². The number of anilines is 2. The number of hydrogen-bond acceptors (Lipinski definition) is 9. The Morgan fingerprint density at radius 2 is 1.88 bits per heavy atom. The van der Waals surface area contributed by atoms with Gasteiger partial charge in [0, 0.05) is 63.1 Å². The molecule has 2 aromatic rings. The number of carbonyl (C=O) groups is 2. The summed E-state index contributed by atoms with van der Waals surface area (Å²) in [7, 11) is 3.91. The van der Waals surface area contributed by atoms with Gasteiger partial charge in [0.2, 0.25) is 5.91 Å². The van der Waals surface area contributed by atoms with E-state index < -0.39 is 0 Å². The van der Waals surface area contributed by atoms with Crippen LogP contribution in [0.3, 0.4) is 0 Å². The summed E-state index contributed by atoms with van der Waals surface area (Å²) in [5, 5.41) is 11.9. The van der Waals surface area contributed by atoms with Gasteiger partial charge in [-0.15, -0.1) is 0 Å². The molecule has 3 fully saturated rings. The summed E-state index contributed by atoms with van der Waals surface area (Å²) < 4.78 is 13.1. The van der Waals surface area contributed by atoms with Gasteiger partial charge < -0.3 is 34.8 Å². The van der Waals surface area contributed by atoms with Crippen molar-refractivity contribution in [3.05, 3.63) is 30.0 Å². The average Bonchev–Trinajstić information content (AvgIpc) is 3.38. The molecule has 0 unspecified atom stereocenters. The Hall–Kier alpha value is -3.38. The molecule has 0 aliphatic carbocycles. The van der Waals surface area contributed by atoms with Crippen molar-refractivity contribution in [2.45, 2.75) is 57.6 Å². The molecule has 3 aliphatic heterocycles. The van der Waals surface area contributed by atoms with Crippen molar-refractivity contribution in [3.8, 4) is 0 Å². The maximum absolute atomic E-state index is 12.7. The second kappa shape index (κ2) is 13.7. The summed E-state index contributed by atoms with van der Waals surface area (Å²) in [5.41, 5.74) is 2.00. The first-order chi connectivity index (χ1) is 20.3. The minimum Gasteiger partial charge on any atom is -0.442 e. The summed E-state index contributed by atoms with van der Waals surface area (Å²) in [6.45, 7) is 9.60. The van der Waals surface area contributed by atoms with Crippen molar-refractivity contribution in [3.63, 3.8) is 0 Å². The van der Waals surface area contributed by atoms with E-state index in [1.165, 1.54) is 0 Å². The van der Waals surface area contributed by atoms with E-state index in [1.807, 2.05) is 35.8 Å². The van der Waals surface area contributed by atoms with Crippen LogP contribution in [0.25, 0.3) is 5.65 Å². The highest BCUT2D eigenvalue weighted by Gasteiger charge is 2.34. The summed E-state index contributed by atoms with van der Waals surface area (Å²) in [5.74, 6) is 2.49. The zero-order chi connectivity index (χ0) is 29.6. The van der Waals surface area contributed by atoms with Crippen LogP contribution in [0.1, 0.15) is 51.0 Å². The quantitative estimate of drug-likeness (QED) is 0.408. The van der Waals surface area contributed by atoms with E-state index in [0.29, 0.717) is 50.6 Å². The Morgan fingerprint density at radius 1 is 1.14 bits per heavy atom. The monoisotopic (exact) mass is 582 g/mol. The minimum absolute atomic E-state index is 0.0361. The number of nitrogens with one attached hydrogen (secondary N) is 2. The van der Waals surface area contributed by atoms with Crippen molar-refractivity contribution in [2.24, 2.45) is 5.92 Å². The van der Waals surface area contributed by atoms with Crippen LogP contribution < -0.4 is 10.6 Å². The summed E-state index contributed by atoms with van der Waals surface area (Å²) >= 11 is 0. The third kappa shape index (κ3) is 7.52. The molecule has 230 valence electrons. The third-order valence-corrected chi connectivity index (χ3v) is 8.30. The van der Waals surface area contributed by atoms with Crippen molar-refractivity contribution in [1.82, 2.24) is 29.3 Å². The van der Waals surface area contributed by atoms with Crippen molar-refractivity contribution in [1.29, 1.82) is 0 Å². The fourth-order valence-corrected chi connectivity index (χ4v) is 5.59. The van der Waals surface area contributed by atoms with E-state index in [2.05, 4.69) is 35.6 Å². The van der Waals surface area contributed by atoms with E-state index in [0.717, 1.165) is 68.3 Å². The molecular formula is C30H46N8O4. The van der Waals surface area contributed by atoms with Crippen molar-refractivity contribution in [2.75, 3.05) is 77.2 Å². The standard InChI is InChI=1S/C30H46N8O4/c1-21(2)25-18-32-38-27(16-26(34-29(25)38)33-23-9-14-41-15-10-23)31-17-22-7-12-36(13-8-22)30(40)42-24-19-37(20-24)28(39)6-5-11-35(3)4/h5-6,16,18,21-24,31H,7-15,17,19-20H2,1-4H3,(H,33,34)/b6-5+. The van der Waals surface area contributed by atoms with Crippen LogP contribution in [0.4, 0.5) is 16.4 Å². The molecule has 42 heavy (non-hydrogen) atoms. The number of likely N-dealkylation sites (N-methyl/N-ethyl adjacent to an activating group) is 1. The second-order valence-corrected chi connectivity index (χ2v) is 12.3. The Kier molecular flexibility index (Phi) is 9.84. The maximum atomic E-state index is 12.7. The van der Waals surface area contributed by atoms with Gasteiger partial charge in [0.25, 0.3) is 0 Å². The lowest BCUT2D eigenvalue weighted by Gasteiger charge is -2.39. The van der Waals surface area contributed by atoms with Crippen LogP contribution in [-0.2, 0) is 14.3 Å². The van der Waals surface area contributed by atoms with Gasteiger partial charge in [-0.25, -0.2) is 9.78 Å². The molecule has 5 heterocycles. The molecule has 2 amide bonds. The number of hydrogen-bond donors (Lipinski definition) is 2. The highest BCUT2D eigenvalue weighted by Crippen LogP contribution is 2.26. The molecule has 0 radical (unpaired) electrons. The molecule has 0 bridgehead atoms. The predicted octanol–water partition coefficient (Wildman–Crippen LogP) is 3.03. The fourth-order valence-electron chi connectivity index (χ4n) is 5.59. The first-order valence-electron chi connectivity index (χ1n) is 15.3. The van der Waals surface area contributed by atoms with Gasteiger partial charge in [-0.3, -0.25) is 4.79 Å². The summed E-state index contributed by atoms with van der Waals surface area (Å²) in [6.07, 6.45) is 8.57. The lowest BCUT2D eigenvalue weighted by molar-refractivity contribution is -0.136. The predicted molar refractivity (Wildman–Crippen MR) is 162 cm³/mol. The number of ether oxygens (including phenoxy) is 2. The molecule has 3 saturated heterocycles. The molecule has 0 spiro atoms. The lowest BCUT2D eigenvalue weighted by atomic mass is 9.97. The molecule has 0 aromatic carbocycles. The number of likely N-dealkylation sites (tertiary alicyclic amines) is 2. The zero-order valence-corrected chi connectivity index (χ0v) is 25.4. The first kappa shape index (κ1) is 30.1. The van der Waals surface area contributed by atoms with Crippen LogP contribution in [0.5, 0.6) is 0 Å². The topological polar surface area (TPSA) is 117 Å². The van der Waals surface area contributed by atoms with Gasteiger partial charge in [-0.2, -0.15) is 9.61 Å². The molecule has 3 aliphatic rings. The molecule has 12 heteroatoms. The highest BCUT2D eigenvalue weighted by molar-refractivity contribution is 5.88. The van der Waals surface area contributed by atoms with Crippen LogP contribution in [0.15, 0.2) is 24.4 Å². The van der Waals surface area contributed by atoms with Gasteiger partial charge in [-0.1, -0.05) is 19.9 Å². The van der Waals surface area contributed by atoms with Gasteiger partial charge in [0.05, 0.1) is 19.3 Å². The number of rotatable bonds is 10. The van der Waals surface area contributed by atoms with Crippen LogP contribution in [0, 0.1) is 5.92 Å². The molecule has 2 N–H and O–H groups in total. The third-order valence-electron chi connectivity index (χ3n) is 8.30. The molecule has 12 nitrogen and oxygen atoms in total. The first-order valence-corrected chi connectivity index (χ1v) is 15.3. The van der Waals surface area contributed by atoms with Crippen LogP contribution in [-0.4, -0.2) is 120 Å². The average molecular weight is 583 g/mol. The normalized spacial score (nSPS) is 19.2. The molecular weight excluding hydrogens is 536 g/mol. The highest BCUT2D eigenvalue weighted by atomic mass is 16.6. The van der Waals surface area contributed by atoms with Gasteiger partial charge in [0.15, 0.2) is 5.65 Å². The van der Waals surface area contributed by atoms with Crippen LogP contribution in [0.2, 0.25) is 0 Å². The SMILES string of the molecule is CC(C)c1cnn2c(NCC3CCN(C(=O)OC4CN(C(=O)/C=C/CN(C)C)C4)CC3)cc(NC3CCOCC3)nc12.